The Morgan fingerprint density at radius 1 is 0.720 bits per heavy atom. The van der Waals surface area contributed by atoms with Crippen molar-refractivity contribution in [3.63, 3.8) is 0 Å². The molecule has 25 heavy (non-hydrogen) atoms. The van der Waals surface area contributed by atoms with Gasteiger partial charge < -0.3 is 14.2 Å². The molecule has 3 aromatic rings. The average molecular weight is 337 g/mol. The minimum Gasteiger partial charge on any atom is -0.497 e. The van der Waals surface area contributed by atoms with E-state index in [2.05, 4.69) is 15.2 Å². The van der Waals surface area contributed by atoms with Gasteiger partial charge in [-0.05, 0) is 55.5 Å². The molecule has 0 spiro atoms. The smallest absolute Gasteiger partial charge is 0.336 e. The van der Waals surface area contributed by atoms with E-state index in [9.17, 15) is 0 Å². The summed E-state index contributed by atoms with van der Waals surface area (Å²) in [7, 11) is 3.27. The zero-order chi connectivity index (χ0) is 17.6. The summed E-state index contributed by atoms with van der Waals surface area (Å²) in [5.41, 5.74) is 3.18. The summed E-state index contributed by atoms with van der Waals surface area (Å²) in [5.74, 6) is 1.56. The predicted octanol–water partition coefficient (Wildman–Crippen LogP) is 3.62. The van der Waals surface area contributed by atoms with Crippen LogP contribution in [0.4, 0.5) is 0 Å². The van der Waals surface area contributed by atoms with Gasteiger partial charge >= 0.3 is 6.01 Å². The van der Waals surface area contributed by atoms with Gasteiger partial charge in [0.2, 0.25) is 0 Å². The normalized spacial score (nSPS) is 10.4. The molecule has 6 heteroatoms. The number of nitrogens with zero attached hydrogens (tertiary/aromatic N) is 3. The highest BCUT2D eigenvalue weighted by molar-refractivity contribution is 5.78. The molecule has 0 aliphatic carbocycles. The summed E-state index contributed by atoms with van der Waals surface area (Å²) >= 11 is 0. The molecular weight excluding hydrogens is 318 g/mol. The molecule has 0 saturated carbocycles. The Kier molecular flexibility index (Phi) is 5.09. The van der Waals surface area contributed by atoms with Crippen LogP contribution in [0.25, 0.3) is 22.5 Å². The van der Waals surface area contributed by atoms with E-state index >= 15 is 0 Å². The van der Waals surface area contributed by atoms with Crippen molar-refractivity contribution in [2.75, 3.05) is 20.8 Å². The van der Waals surface area contributed by atoms with Crippen LogP contribution >= 0.6 is 0 Å². The summed E-state index contributed by atoms with van der Waals surface area (Å²) in [6, 6.07) is 15.5. The van der Waals surface area contributed by atoms with Gasteiger partial charge in [0.25, 0.3) is 0 Å². The zero-order valence-corrected chi connectivity index (χ0v) is 14.4. The Balaban J connectivity index is 2.09. The summed E-state index contributed by atoms with van der Waals surface area (Å²) in [5, 5.41) is 8.40. The van der Waals surface area contributed by atoms with Crippen molar-refractivity contribution in [3.8, 4) is 40.0 Å². The first-order valence-electron chi connectivity index (χ1n) is 7.91. The quantitative estimate of drug-likeness (QED) is 0.684. The van der Waals surface area contributed by atoms with Gasteiger partial charge in [0, 0.05) is 11.1 Å². The highest BCUT2D eigenvalue weighted by Crippen LogP contribution is 2.31. The van der Waals surface area contributed by atoms with Crippen molar-refractivity contribution in [1.29, 1.82) is 0 Å². The van der Waals surface area contributed by atoms with Gasteiger partial charge in [-0.15, -0.1) is 5.10 Å². The van der Waals surface area contributed by atoms with Gasteiger partial charge in [-0.1, -0.05) is 5.10 Å². The minimum atomic E-state index is 0.255. The number of rotatable bonds is 6. The molecule has 1 aromatic heterocycles. The molecule has 0 amide bonds. The molecule has 0 N–H and O–H groups in total. The van der Waals surface area contributed by atoms with Crippen molar-refractivity contribution in [3.05, 3.63) is 48.5 Å². The Hall–Kier alpha value is -3.15. The van der Waals surface area contributed by atoms with Crippen molar-refractivity contribution >= 4 is 0 Å². The van der Waals surface area contributed by atoms with Crippen molar-refractivity contribution in [2.45, 2.75) is 6.92 Å². The molecule has 0 radical (unpaired) electrons. The summed E-state index contributed by atoms with van der Waals surface area (Å²) in [6.07, 6.45) is 0. The monoisotopic (exact) mass is 337 g/mol. The second-order valence-electron chi connectivity index (χ2n) is 5.18. The fourth-order valence-corrected chi connectivity index (χ4v) is 2.39. The number of benzene rings is 2. The Morgan fingerprint density at radius 2 is 1.24 bits per heavy atom. The maximum atomic E-state index is 5.41. The molecule has 0 aliphatic heterocycles. The number of hydrogen-bond donors (Lipinski definition) is 0. The van der Waals surface area contributed by atoms with Gasteiger partial charge in [-0.25, -0.2) is 0 Å². The lowest BCUT2D eigenvalue weighted by atomic mass is 10.0. The first kappa shape index (κ1) is 16.7. The van der Waals surface area contributed by atoms with Crippen LogP contribution in [0.15, 0.2) is 48.5 Å². The molecule has 2 aromatic carbocycles. The maximum Gasteiger partial charge on any atom is 0.336 e. The van der Waals surface area contributed by atoms with E-state index in [4.69, 9.17) is 14.2 Å². The van der Waals surface area contributed by atoms with Crippen LogP contribution in [0, 0.1) is 0 Å². The van der Waals surface area contributed by atoms with E-state index in [-0.39, 0.29) is 6.01 Å². The van der Waals surface area contributed by atoms with Crippen molar-refractivity contribution in [1.82, 2.24) is 15.2 Å². The van der Waals surface area contributed by atoms with Crippen LogP contribution in [0.5, 0.6) is 17.5 Å². The minimum absolute atomic E-state index is 0.255. The second kappa shape index (κ2) is 7.61. The lowest BCUT2D eigenvalue weighted by Gasteiger charge is -2.10. The number of aromatic nitrogens is 3. The van der Waals surface area contributed by atoms with Crippen molar-refractivity contribution in [2.24, 2.45) is 0 Å². The average Bonchev–Trinajstić information content (AvgIpc) is 2.68. The molecule has 0 aliphatic rings. The van der Waals surface area contributed by atoms with Crippen LogP contribution in [-0.2, 0) is 0 Å². The van der Waals surface area contributed by atoms with Gasteiger partial charge in [-0.3, -0.25) is 0 Å². The molecule has 3 rings (SSSR count). The fourth-order valence-electron chi connectivity index (χ4n) is 2.39. The maximum absolute atomic E-state index is 5.41. The van der Waals surface area contributed by atoms with Crippen LogP contribution in [0.1, 0.15) is 6.92 Å². The first-order valence-corrected chi connectivity index (χ1v) is 7.91. The second-order valence-corrected chi connectivity index (χ2v) is 5.18. The van der Waals surface area contributed by atoms with Crippen molar-refractivity contribution < 1.29 is 14.2 Å². The molecule has 0 fully saturated rings. The van der Waals surface area contributed by atoms with Crippen LogP contribution in [-0.4, -0.2) is 36.0 Å². The lowest BCUT2D eigenvalue weighted by molar-refractivity contribution is 0.308. The topological polar surface area (TPSA) is 66.4 Å². The Labute approximate surface area is 146 Å². The van der Waals surface area contributed by atoms with E-state index in [0.29, 0.717) is 18.0 Å². The van der Waals surface area contributed by atoms with E-state index < -0.39 is 0 Å². The molecule has 128 valence electrons. The summed E-state index contributed by atoms with van der Waals surface area (Å²) in [6.45, 7) is 2.36. The predicted molar refractivity (Wildman–Crippen MR) is 95.0 cm³/mol. The molecule has 6 nitrogen and oxygen atoms in total. The van der Waals surface area contributed by atoms with Crippen LogP contribution in [0.3, 0.4) is 0 Å². The van der Waals surface area contributed by atoms with Crippen LogP contribution < -0.4 is 14.2 Å². The highest BCUT2D eigenvalue weighted by Gasteiger charge is 2.14. The molecule has 0 unspecified atom stereocenters. The number of ether oxygens (including phenoxy) is 3. The number of methoxy groups -OCH3 is 2. The first-order chi connectivity index (χ1) is 12.2. The largest absolute Gasteiger partial charge is 0.497 e. The third-order valence-corrected chi connectivity index (χ3v) is 3.67. The number of hydrogen-bond acceptors (Lipinski definition) is 6. The zero-order valence-electron chi connectivity index (χ0n) is 14.4. The molecular formula is C19H19N3O3. The van der Waals surface area contributed by atoms with Crippen LogP contribution in [0.2, 0.25) is 0 Å². The Morgan fingerprint density at radius 3 is 1.72 bits per heavy atom. The van der Waals surface area contributed by atoms with Gasteiger partial charge in [0.15, 0.2) is 0 Å². The molecule has 0 bridgehead atoms. The molecule has 0 atom stereocenters. The van der Waals surface area contributed by atoms with Gasteiger partial charge in [-0.2, -0.15) is 4.98 Å². The SMILES string of the molecule is CCOc1nnc(-c2ccc(OC)cc2)c(-c2ccc(OC)cc2)n1. The van der Waals surface area contributed by atoms with E-state index in [1.54, 1.807) is 14.2 Å². The fraction of sp³-hybridized carbons (Fsp3) is 0.211. The third-order valence-electron chi connectivity index (χ3n) is 3.67. The molecule has 1 heterocycles. The molecule has 0 saturated heterocycles. The lowest BCUT2D eigenvalue weighted by Crippen LogP contribution is -2.03. The van der Waals surface area contributed by atoms with Gasteiger partial charge in [0.05, 0.1) is 20.8 Å². The third kappa shape index (κ3) is 3.68. The van der Waals surface area contributed by atoms with E-state index in [1.807, 2.05) is 55.5 Å². The standard InChI is InChI=1S/C19H19N3O3/c1-4-25-19-20-17(13-5-9-15(23-2)10-6-13)18(21-22-19)14-7-11-16(24-3)12-8-14/h5-12H,4H2,1-3H3. The van der Waals surface area contributed by atoms with Gasteiger partial charge in [0.1, 0.15) is 22.9 Å². The summed E-state index contributed by atoms with van der Waals surface area (Å²) in [4.78, 5) is 4.54. The highest BCUT2D eigenvalue weighted by atomic mass is 16.5. The Bertz CT molecular complexity index is 834. The van der Waals surface area contributed by atoms with E-state index in [1.165, 1.54) is 0 Å². The van der Waals surface area contributed by atoms with E-state index in [0.717, 1.165) is 22.6 Å². The summed E-state index contributed by atoms with van der Waals surface area (Å²) < 4.78 is 15.8.